The fourth-order valence-electron chi connectivity index (χ4n) is 2.62. The monoisotopic (exact) mass is 256 g/mol. The Kier molecular flexibility index (Phi) is 5.16. The molecule has 0 aromatic heterocycles. The maximum atomic E-state index is 5.50. The lowest BCUT2D eigenvalue weighted by atomic mass is 9.86. The van der Waals surface area contributed by atoms with Crippen LogP contribution in [0.25, 0.3) is 0 Å². The zero-order valence-electron chi connectivity index (χ0n) is 10.9. The molecule has 1 N–H and O–H groups in total. The van der Waals surface area contributed by atoms with Crippen LogP contribution < -0.4 is 5.32 Å². The van der Waals surface area contributed by atoms with Crippen molar-refractivity contribution < 1.29 is 4.74 Å². The molecule has 1 saturated heterocycles. The summed E-state index contributed by atoms with van der Waals surface area (Å²) in [7, 11) is 0. The highest BCUT2D eigenvalue weighted by molar-refractivity contribution is 8.13. The molecule has 1 aliphatic carbocycles. The number of nitrogens with zero attached hydrogens (tertiary/aromatic N) is 1. The van der Waals surface area contributed by atoms with Gasteiger partial charge in [0.15, 0.2) is 5.17 Å². The molecule has 1 heterocycles. The topological polar surface area (TPSA) is 33.6 Å². The second-order valence-electron chi connectivity index (χ2n) is 5.02. The molecule has 3 unspecified atom stereocenters. The molecular formula is C13H24N2OS. The molecular weight excluding hydrogens is 232 g/mol. The molecule has 0 spiro atoms. The Bertz CT molecular complexity index is 270. The molecule has 2 aliphatic rings. The van der Waals surface area contributed by atoms with Crippen LogP contribution in [-0.2, 0) is 4.74 Å². The quantitative estimate of drug-likeness (QED) is 0.839. The Labute approximate surface area is 109 Å². The molecule has 1 saturated carbocycles. The normalized spacial score (nSPS) is 32.9. The first-order valence-electron chi connectivity index (χ1n) is 6.85. The number of ether oxygens (including phenoxy) is 1. The summed E-state index contributed by atoms with van der Waals surface area (Å²) in [6.45, 7) is 5.67. The van der Waals surface area contributed by atoms with Gasteiger partial charge in [0.05, 0.1) is 12.6 Å². The van der Waals surface area contributed by atoms with Crippen molar-refractivity contribution in [2.24, 2.45) is 10.9 Å². The molecule has 0 radical (unpaired) electrons. The van der Waals surface area contributed by atoms with E-state index in [0.717, 1.165) is 24.2 Å². The fraction of sp³-hybridized carbons (Fsp3) is 0.923. The first-order chi connectivity index (χ1) is 8.29. The highest BCUT2D eigenvalue weighted by Crippen LogP contribution is 2.31. The van der Waals surface area contributed by atoms with Crippen molar-refractivity contribution in [3.05, 3.63) is 0 Å². The maximum absolute atomic E-state index is 5.50. The zero-order chi connectivity index (χ0) is 12.1. The predicted molar refractivity (Wildman–Crippen MR) is 74.7 cm³/mol. The van der Waals surface area contributed by atoms with Crippen LogP contribution >= 0.6 is 11.8 Å². The Hall–Kier alpha value is -0.220. The predicted octanol–water partition coefficient (Wildman–Crippen LogP) is 2.66. The van der Waals surface area contributed by atoms with Gasteiger partial charge in [0.1, 0.15) is 0 Å². The molecule has 0 aromatic rings. The molecule has 0 bridgehead atoms. The molecule has 3 nitrogen and oxygen atoms in total. The van der Waals surface area contributed by atoms with Crippen LogP contribution in [0.4, 0.5) is 0 Å². The van der Waals surface area contributed by atoms with Gasteiger partial charge in [-0.25, -0.2) is 0 Å². The molecule has 0 amide bonds. The number of hydrogen-bond acceptors (Lipinski definition) is 3. The third-order valence-corrected chi connectivity index (χ3v) is 4.71. The highest BCUT2D eigenvalue weighted by atomic mass is 32.2. The van der Waals surface area contributed by atoms with Crippen LogP contribution in [0, 0.1) is 5.92 Å². The number of rotatable bonds is 4. The Balaban J connectivity index is 1.80. The fourth-order valence-corrected chi connectivity index (χ4v) is 3.79. The number of amidine groups is 1. The summed E-state index contributed by atoms with van der Waals surface area (Å²) in [6.07, 6.45) is 5.75. The van der Waals surface area contributed by atoms with Crippen LogP contribution in [0.3, 0.4) is 0 Å². The van der Waals surface area contributed by atoms with Crippen molar-refractivity contribution >= 4 is 16.9 Å². The van der Waals surface area contributed by atoms with E-state index >= 15 is 0 Å². The van der Waals surface area contributed by atoms with Crippen LogP contribution in [-0.4, -0.2) is 36.2 Å². The van der Waals surface area contributed by atoms with Crippen molar-refractivity contribution in [2.75, 3.05) is 18.9 Å². The van der Waals surface area contributed by atoms with Crippen LogP contribution in [0.2, 0.25) is 0 Å². The van der Waals surface area contributed by atoms with Crippen LogP contribution in [0.5, 0.6) is 0 Å². The summed E-state index contributed by atoms with van der Waals surface area (Å²) >= 11 is 1.89. The second kappa shape index (κ2) is 6.64. The summed E-state index contributed by atoms with van der Waals surface area (Å²) in [6, 6.07) is 0.686. The molecule has 3 atom stereocenters. The summed E-state index contributed by atoms with van der Waals surface area (Å²) in [5, 5.41) is 4.75. The standard InChI is InChI=1S/C13H24N2OS/c1-3-16-10(2)8-14-13-15-12-7-5-4-6-11(12)9-17-13/h10-12H,3-9H2,1-2H3,(H,14,15). The first kappa shape index (κ1) is 13.2. The van der Waals surface area contributed by atoms with Gasteiger partial charge < -0.3 is 10.1 Å². The minimum atomic E-state index is 0.235. The van der Waals surface area contributed by atoms with Crippen molar-refractivity contribution in [1.82, 2.24) is 5.32 Å². The second-order valence-corrected chi connectivity index (χ2v) is 6.03. The lowest BCUT2D eigenvalue weighted by Gasteiger charge is -2.36. The SMILES string of the molecule is CCOC(C)CN=C1NC2CCCCC2CS1. The van der Waals surface area contributed by atoms with E-state index in [0.29, 0.717) is 6.04 Å². The van der Waals surface area contributed by atoms with Gasteiger partial charge >= 0.3 is 0 Å². The zero-order valence-corrected chi connectivity index (χ0v) is 11.8. The van der Waals surface area contributed by atoms with Crippen molar-refractivity contribution in [3.8, 4) is 0 Å². The Morgan fingerprint density at radius 2 is 2.29 bits per heavy atom. The van der Waals surface area contributed by atoms with Crippen molar-refractivity contribution in [1.29, 1.82) is 0 Å². The van der Waals surface area contributed by atoms with Gasteiger partial charge in [0.25, 0.3) is 0 Å². The van der Waals surface area contributed by atoms with E-state index in [2.05, 4.69) is 17.2 Å². The molecule has 17 heavy (non-hydrogen) atoms. The third kappa shape index (κ3) is 3.88. The first-order valence-corrected chi connectivity index (χ1v) is 7.83. The van der Waals surface area contributed by atoms with E-state index in [-0.39, 0.29) is 6.10 Å². The molecule has 4 heteroatoms. The summed E-state index contributed by atoms with van der Waals surface area (Å²) in [5.74, 6) is 2.12. The molecule has 2 fully saturated rings. The number of fused-ring (bicyclic) bond motifs is 1. The van der Waals surface area contributed by atoms with Crippen LogP contribution in [0.1, 0.15) is 39.5 Å². The summed E-state index contributed by atoms with van der Waals surface area (Å²) in [4.78, 5) is 4.64. The average Bonchev–Trinajstić information content (AvgIpc) is 2.36. The average molecular weight is 256 g/mol. The third-order valence-electron chi connectivity index (χ3n) is 3.60. The summed E-state index contributed by atoms with van der Waals surface area (Å²) < 4.78 is 5.50. The van der Waals surface area contributed by atoms with E-state index < -0.39 is 0 Å². The number of nitrogens with one attached hydrogen (secondary N) is 1. The van der Waals surface area contributed by atoms with E-state index in [1.807, 2.05) is 18.7 Å². The van der Waals surface area contributed by atoms with E-state index in [1.165, 1.54) is 31.4 Å². The largest absolute Gasteiger partial charge is 0.377 e. The lowest BCUT2D eigenvalue weighted by molar-refractivity contribution is 0.0829. The molecule has 98 valence electrons. The van der Waals surface area contributed by atoms with Gasteiger partial charge in [0.2, 0.25) is 0 Å². The molecule has 0 aromatic carbocycles. The Morgan fingerprint density at radius 1 is 1.47 bits per heavy atom. The minimum Gasteiger partial charge on any atom is -0.377 e. The van der Waals surface area contributed by atoms with Crippen molar-refractivity contribution in [2.45, 2.75) is 51.7 Å². The van der Waals surface area contributed by atoms with Gasteiger partial charge in [-0.05, 0) is 32.6 Å². The Morgan fingerprint density at radius 3 is 3.12 bits per heavy atom. The van der Waals surface area contributed by atoms with E-state index in [1.54, 1.807) is 0 Å². The van der Waals surface area contributed by atoms with Gasteiger partial charge in [-0.1, -0.05) is 24.6 Å². The van der Waals surface area contributed by atoms with E-state index in [4.69, 9.17) is 4.74 Å². The maximum Gasteiger partial charge on any atom is 0.156 e. The van der Waals surface area contributed by atoms with Crippen molar-refractivity contribution in [3.63, 3.8) is 0 Å². The number of thioether (sulfide) groups is 1. The van der Waals surface area contributed by atoms with Gasteiger partial charge in [-0.15, -0.1) is 0 Å². The van der Waals surface area contributed by atoms with Gasteiger partial charge in [-0.3, -0.25) is 4.99 Å². The molecule has 2 rings (SSSR count). The van der Waals surface area contributed by atoms with E-state index in [9.17, 15) is 0 Å². The van der Waals surface area contributed by atoms with Crippen LogP contribution in [0.15, 0.2) is 4.99 Å². The highest BCUT2D eigenvalue weighted by Gasteiger charge is 2.30. The van der Waals surface area contributed by atoms with Gasteiger partial charge in [0, 0.05) is 18.4 Å². The van der Waals surface area contributed by atoms with Gasteiger partial charge in [-0.2, -0.15) is 0 Å². The lowest BCUT2D eigenvalue weighted by Crippen LogP contribution is -2.46. The number of aliphatic imine (C=N–C) groups is 1. The number of hydrogen-bond donors (Lipinski definition) is 1. The molecule has 1 aliphatic heterocycles. The minimum absolute atomic E-state index is 0.235. The summed E-state index contributed by atoms with van der Waals surface area (Å²) in [5.41, 5.74) is 0. The smallest absolute Gasteiger partial charge is 0.156 e.